The number of aromatic nitrogens is 2. The molecule has 34 heteroatoms. The van der Waals surface area contributed by atoms with E-state index in [-0.39, 0.29) is 74.4 Å². The van der Waals surface area contributed by atoms with Gasteiger partial charge in [-0.15, -0.1) is 10.2 Å². The van der Waals surface area contributed by atoms with Crippen molar-refractivity contribution in [2.45, 2.75) is 195 Å². The molecule has 552 valence electrons. The van der Waals surface area contributed by atoms with Crippen molar-refractivity contribution in [2.24, 2.45) is 17.8 Å². The van der Waals surface area contributed by atoms with E-state index in [4.69, 9.17) is 4.74 Å². The molecule has 2 saturated carbocycles. The van der Waals surface area contributed by atoms with Crippen LogP contribution in [0.15, 0.2) is 36.4 Å². The molecule has 0 bridgehead atoms. The van der Waals surface area contributed by atoms with Crippen LogP contribution in [-0.2, 0) is 50.3 Å². The van der Waals surface area contributed by atoms with Gasteiger partial charge in [-0.05, 0) is 132 Å². The van der Waals surface area contributed by atoms with Crippen molar-refractivity contribution in [3.63, 3.8) is 0 Å². The summed E-state index contributed by atoms with van der Waals surface area (Å²) in [5.41, 5.74) is 0.953. The number of likely N-dealkylation sites (tertiary alicyclic amines) is 2. The maximum atomic E-state index is 16.0. The van der Waals surface area contributed by atoms with Crippen LogP contribution in [0.3, 0.4) is 0 Å². The number of halogens is 1. The van der Waals surface area contributed by atoms with E-state index >= 15 is 4.39 Å². The molecule has 99 heavy (non-hydrogen) atoms. The van der Waals surface area contributed by atoms with Crippen LogP contribution in [0.4, 0.5) is 10.1 Å². The van der Waals surface area contributed by atoms with E-state index in [1.54, 1.807) is 19.1 Å². The number of carbonyl (C=O) groups is 6. The Labute approximate surface area is 578 Å². The number of ether oxygens (including phenoxy) is 1. The Morgan fingerprint density at radius 2 is 1.54 bits per heavy atom. The molecule has 0 unspecified atom stereocenters. The van der Waals surface area contributed by atoms with Gasteiger partial charge in [-0.1, -0.05) is 43.6 Å². The minimum absolute atomic E-state index is 0.00754. The molecular formula is C65H98FN11O20S2. The van der Waals surface area contributed by atoms with Crippen LogP contribution < -0.4 is 41.0 Å². The first-order valence-corrected chi connectivity index (χ1v) is 36.2. The minimum Gasteiger partial charge on any atom is -0.504 e. The van der Waals surface area contributed by atoms with Gasteiger partial charge in [-0.2, -0.15) is 8.42 Å². The summed E-state index contributed by atoms with van der Waals surface area (Å²) in [7, 11) is -3.39. The zero-order valence-electron chi connectivity index (χ0n) is 55.9. The third-order valence-corrected chi connectivity index (χ3v) is 21.7. The first-order chi connectivity index (χ1) is 47.1. The number of aliphatic hydroxyl groups is 8. The van der Waals surface area contributed by atoms with Crippen LogP contribution in [0.2, 0.25) is 0 Å². The Balaban J connectivity index is 0.932. The molecule has 1 aromatic heterocycles. The van der Waals surface area contributed by atoms with Crippen LogP contribution in [0.5, 0.6) is 11.5 Å². The fourth-order valence-corrected chi connectivity index (χ4v) is 15.7. The summed E-state index contributed by atoms with van der Waals surface area (Å²) in [6.07, 6.45) is -0.103. The van der Waals surface area contributed by atoms with Gasteiger partial charge in [0.2, 0.25) is 35.9 Å². The zero-order chi connectivity index (χ0) is 71.9. The number of methoxy groups -OCH3 is 1. The summed E-state index contributed by atoms with van der Waals surface area (Å²) in [5, 5.41) is 123. The van der Waals surface area contributed by atoms with Gasteiger partial charge in [0, 0.05) is 82.3 Å². The first kappa shape index (κ1) is 78.3. The lowest BCUT2D eigenvalue weighted by atomic mass is 9.72. The largest absolute Gasteiger partial charge is 0.504 e. The van der Waals surface area contributed by atoms with Crippen molar-refractivity contribution >= 4 is 63.4 Å². The van der Waals surface area contributed by atoms with E-state index in [1.165, 1.54) is 55.3 Å². The molecule has 3 aromatic rings. The number of aromatic hydroxyl groups is 1. The Kier molecular flexibility index (Phi) is 28.5. The Hall–Kier alpha value is -6.38. The molecule has 31 nitrogen and oxygen atoms in total. The number of piperidine rings is 1. The number of anilines is 1. The van der Waals surface area contributed by atoms with Gasteiger partial charge in [-0.25, -0.2) is 4.39 Å². The smallest absolute Gasteiger partial charge is 0.446 e. The summed E-state index contributed by atoms with van der Waals surface area (Å²) in [6.45, 7) is 2.44. The number of hydrogen-bond acceptors (Lipinski definition) is 25. The maximum absolute atomic E-state index is 16.0. The third kappa shape index (κ3) is 20.9. The maximum Gasteiger partial charge on any atom is 0.446 e. The third-order valence-electron chi connectivity index (χ3n) is 20.2. The summed E-state index contributed by atoms with van der Waals surface area (Å²) in [4.78, 5) is 88.2. The van der Waals surface area contributed by atoms with Crippen LogP contribution >= 0.6 is 11.3 Å². The van der Waals surface area contributed by atoms with E-state index in [1.807, 2.05) is 13.2 Å². The number of β-amino-alcohol motifs (C(OH)–C–C–N with tert-alkyl or cyclic N) is 2. The average Bonchev–Trinajstić information content (AvgIpc) is 1.35. The second kappa shape index (κ2) is 36.0. The highest BCUT2D eigenvalue weighted by Gasteiger charge is 2.47. The molecule has 2 aromatic carbocycles. The van der Waals surface area contributed by atoms with E-state index in [0.29, 0.717) is 48.6 Å². The summed E-state index contributed by atoms with van der Waals surface area (Å²) < 4.78 is 59.2. The molecule has 0 spiro atoms. The van der Waals surface area contributed by atoms with Gasteiger partial charge >= 0.3 is 10.4 Å². The lowest BCUT2D eigenvalue weighted by Crippen LogP contribution is -2.63. The van der Waals surface area contributed by atoms with Crippen molar-refractivity contribution in [3.05, 3.63) is 52.8 Å². The van der Waals surface area contributed by atoms with Crippen molar-refractivity contribution in [2.75, 3.05) is 77.6 Å². The van der Waals surface area contributed by atoms with Crippen LogP contribution in [0.25, 0.3) is 10.6 Å². The van der Waals surface area contributed by atoms with E-state index in [2.05, 4.69) is 51.2 Å². The number of carbonyl (C=O) groups excluding carboxylic acids is 6. The van der Waals surface area contributed by atoms with Crippen LogP contribution in [-0.4, -0.2) is 266 Å². The van der Waals surface area contributed by atoms with Gasteiger partial charge in [-0.3, -0.25) is 33.3 Å². The van der Waals surface area contributed by atoms with E-state index in [9.17, 15) is 87.7 Å². The number of amides is 6. The second-order valence-electron chi connectivity index (χ2n) is 27.1. The van der Waals surface area contributed by atoms with E-state index in [0.717, 1.165) is 59.7 Å². The summed E-state index contributed by atoms with van der Waals surface area (Å²) >= 11 is 1.34. The monoisotopic (exact) mass is 1440 g/mol. The molecule has 5 aliphatic rings. The van der Waals surface area contributed by atoms with Crippen LogP contribution in [0.1, 0.15) is 120 Å². The number of rotatable bonds is 34. The molecule has 0 radical (unpaired) electrons. The SMILES string of the molecule is COC1(C2CCCCC2)CCN(c2ccc(-c3nnc([C@H]4CC[C@H](CN[C@@H](C[C@@H](O)CNC=O)C(=O)N[C@H](C(=O)N5C[C@H](O)C[C@H]5C(=O)N[C@H](C(=O)N[C@H](C(=O)N5C[C@@H](O)[C@@H](C)C5)[C@H](O)CCNC(CO)CO)[C@H](O)Cc5ccc(O)c(OS(=O)(=O)O)c5)[C@@H](C)O)CC4)s3)c(F)c2)CC1. The number of benzene rings is 2. The highest BCUT2D eigenvalue weighted by molar-refractivity contribution is 7.81. The fourth-order valence-electron chi connectivity index (χ4n) is 14.3. The minimum atomic E-state index is -5.21. The summed E-state index contributed by atoms with van der Waals surface area (Å²) in [6, 6.07) is -1.41. The normalized spacial score (nSPS) is 23.9. The number of nitrogens with one attached hydrogen (secondary N) is 6. The molecule has 4 heterocycles. The zero-order valence-corrected chi connectivity index (χ0v) is 57.6. The number of nitrogens with zero attached hydrogens (tertiary/aromatic N) is 5. The van der Waals surface area contributed by atoms with Crippen molar-refractivity contribution < 1.29 is 101 Å². The number of phenolic OH excluding ortho intramolecular Hbond substituents is 1. The average molecular weight is 1440 g/mol. The molecule has 6 amide bonds. The van der Waals surface area contributed by atoms with Gasteiger partial charge in [0.25, 0.3) is 0 Å². The molecule has 3 saturated heterocycles. The van der Waals surface area contributed by atoms with Gasteiger partial charge in [0.05, 0.1) is 67.5 Å². The number of hydrogen-bond donors (Lipinski definition) is 16. The predicted molar refractivity (Wildman–Crippen MR) is 356 cm³/mol. The molecule has 8 rings (SSSR count). The molecule has 16 N–H and O–H groups in total. The van der Waals surface area contributed by atoms with Crippen molar-refractivity contribution in [1.29, 1.82) is 0 Å². The number of aliphatic hydroxyl groups excluding tert-OH is 8. The molecule has 12 atom stereocenters. The van der Waals surface area contributed by atoms with Crippen LogP contribution in [0, 0.1) is 23.6 Å². The molecule has 3 aliphatic heterocycles. The summed E-state index contributed by atoms with van der Waals surface area (Å²) in [5.74, 6) is -7.26. The molecule has 5 fully saturated rings. The Bertz CT molecular complexity index is 3290. The topological polar surface area (TPSA) is 465 Å². The van der Waals surface area contributed by atoms with E-state index < -0.39 is 163 Å². The quantitative estimate of drug-likeness (QED) is 0.0238. The standard InChI is InChI=1S/C65H98FN11O20S2/c1-36-30-76(32-53(36)87)63(91)57(51(85)17-20-68-42(33-78)34-79)72-60(90)56(52(86)23-39-11-16-50(84)54(24-39)97-99(93,94)95)71-59(89)49-27-45(83)31-77(49)64(92)55(37(2)81)70-58(88)48(26-44(82)29-67-35-80)69-28-38-9-12-40(13-10-38)61-73-74-62(98-61)46-15-14-43(25-47(46)66)75-21-18-65(96-3,19-22-75)41-7-5-4-6-8-41/h11,14-16,24-25,35-38,40-42,44-45,48-49,51-53,55-57,68-69,78-79,81-87H,4-10,12-13,17-23,26-34H2,1-3H3,(H,67,80)(H,70,88)(H,71,89)(H,72,90)(H,93,94,95)/t36-,37+,38-,40-,44+,45+,48-,49-,51+,52+,53+,55-,56-,57-/m0/s1. The predicted octanol–water partition coefficient (Wildman–Crippen LogP) is -1.54. The second-order valence-corrected chi connectivity index (χ2v) is 29.2. The highest BCUT2D eigenvalue weighted by atomic mass is 32.3. The number of phenols is 1. The first-order valence-electron chi connectivity index (χ1n) is 34.0. The lowest BCUT2D eigenvalue weighted by Gasteiger charge is -2.47. The Morgan fingerprint density at radius 1 is 0.838 bits per heavy atom. The van der Waals surface area contributed by atoms with Crippen molar-refractivity contribution in [3.8, 4) is 22.1 Å². The highest BCUT2D eigenvalue weighted by Crippen LogP contribution is 2.44. The lowest BCUT2D eigenvalue weighted by molar-refractivity contribution is -0.145. The van der Waals surface area contributed by atoms with Crippen molar-refractivity contribution in [1.82, 2.24) is 51.9 Å². The molecular weight excluding hydrogens is 1340 g/mol. The van der Waals surface area contributed by atoms with Gasteiger partial charge in [0.1, 0.15) is 35.0 Å². The Morgan fingerprint density at radius 3 is 2.16 bits per heavy atom. The molecule has 2 aliphatic carbocycles. The van der Waals surface area contributed by atoms with Gasteiger partial charge in [0.15, 0.2) is 16.5 Å². The fraction of sp³-hybridized carbons (Fsp3) is 0.692. The van der Waals surface area contributed by atoms with Gasteiger partial charge < -0.3 is 101 Å².